The molecule has 154 valence electrons. The van der Waals surface area contributed by atoms with Crippen molar-refractivity contribution in [3.05, 3.63) is 47.2 Å². The molecule has 0 spiro atoms. The van der Waals surface area contributed by atoms with Gasteiger partial charge in [0.1, 0.15) is 23.7 Å². The standard InChI is InChI=1S/C19H21N3O6S/c1-21(2)19(27)28-9-12-10-29-17-14(16(24)22(17)15(12)18(25)26)20-13(23)8-11-6-4-3-5-7-11/h3-7,14,17H,8-10H2,1-2H3,(H,20,23)(H,25,26)/t14?,17-/m1/s1. The minimum atomic E-state index is -1.27. The number of nitrogens with one attached hydrogen (secondary N) is 1. The van der Waals surface area contributed by atoms with Crippen LogP contribution in [-0.2, 0) is 25.5 Å². The van der Waals surface area contributed by atoms with E-state index in [4.69, 9.17) is 4.74 Å². The average Bonchev–Trinajstić information content (AvgIpc) is 2.69. The Bertz CT molecular complexity index is 870. The van der Waals surface area contributed by atoms with Crippen molar-refractivity contribution in [3.63, 3.8) is 0 Å². The summed E-state index contributed by atoms with van der Waals surface area (Å²) in [5, 5.41) is 11.8. The van der Waals surface area contributed by atoms with E-state index in [1.807, 2.05) is 30.3 Å². The first-order chi connectivity index (χ1) is 13.8. The van der Waals surface area contributed by atoms with Crippen LogP contribution in [0.4, 0.5) is 4.79 Å². The van der Waals surface area contributed by atoms with Gasteiger partial charge in [-0.25, -0.2) is 9.59 Å². The molecule has 1 fully saturated rings. The predicted molar refractivity (Wildman–Crippen MR) is 105 cm³/mol. The van der Waals surface area contributed by atoms with E-state index in [0.717, 1.165) is 10.5 Å². The molecule has 1 unspecified atom stereocenters. The van der Waals surface area contributed by atoms with Crippen LogP contribution in [0.5, 0.6) is 0 Å². The van der Waals surface area contributed by atoms with E-state index in [9.17, 15) is 24.3 Å². The minimum absolute atomic E-state index is 0.134. The van der Waals surface area contributed by atoms with E-state index in [0.29, 0.717) is 5.57 Å². The van der Waals surface area contributed by atoms with Gasteiger partial charge in [-0.3, -0.25) is 14.5 Å². The fourth-order valence-electron chi connectivity index (χ4n) is 3.08. The van der Waals surface area contributed by atoms with Crippen molar-refractivity contribution in [2.24, 2.45) is 0 Å². The molecule has 29 heavy (non-hydrogen) atoms. The largest absolute Gasteiger partial charge is 0.477 e. The fraction of sp³-hybridized carbons (Fsp3) is 0.368. The number of hydrogen-bond acceptors (Lipinski definition) is 6. The van der Waals surface area contributed by atoms with Gasteiger partial charge in [-0.15, -0.1) is 11.8 Å². The summed E-state index contributed by atoms with van der Waals surface area (Å²) < 4.78 is 5.07. The molecule has 0 bridgehead atoms. The van der Waals surface area contributed by atoms with Crippen LogP contribution in [0.1, 0.15) is 5.56 Å². The van der Waals surface area contributed by atoms with E-state index in [-0.39, 0.29) is 30.4 Å². The molecule has 1 aromatic carbocycles. The van der Waals surface area contributed by atoms with E-state index in [1.54, 1.807) is 0 Å². The summed E-state index contributed by atoms with van der Waals surface area (Å²) in [4.78, 5) is 50.6. The van der Waals surface area contributed by atoms with E-state index in [1.165, 1.54) is 30.8 Å². The molecule has 1 aromatic rings. The third-order valence-electron chi connectivity index (χ3n) is 4.51. The molecule has 10 heteroatoms. The Kier molecular flexibility index (Phi) is 6.12. The Balaban J connectivity index is 1.67. The van der Waals surface area contributed by atoms with Crippen LogP contribution >= 0.6 is 11.8 Å². The van der Waals surface area contributed by atoms with Crippen molar-refractivity contribution in [2.75, 3.05) is 26.5 Å². The summed E-state index contributed by atoms with van der Waals surface area (Å²) in [6, 6.07) is 8.35. The lowest BCUT2D eigenvalue weighted by molar-refractivity contribution is -0.150. The number of ether oxygens (including phenoxy) is 1. The third kappa shape index (κ3) is 4.37. The summed E-state index contributed by atoms with van der Waals surface area (Å²) in [6.07, 6.45) is -0.467. The first-order valence-electron chi connectivity index (χ1n) is 8.87. The van der Waals surface area contributed by atoms with Gasteiger partial charge in [0.05, 0.1) is 6.42 Å². The molecule has 1 saturated heterocycles. The molecule has 2 N–H and O–H groups in total. The number of carbonyl (C=O) groups is 4. The summed E-state index contributed by atoms with van der Waals surface area (Å²) in [6.45, 7) is -0.215. The number of aliphatic carboxylic acids is 1. The predicted octanol–water partition coefficient (Wildman–Crippen LogP) is 0.666. The maximum absolute atomic E-state index is 12.6. The van der Waals surface area contributed by atoms with Crippen LogP contribution in [0.3, 0.4) is 0 Å². The van der Waals surface area contributed by atoms with Crippen molar-refractivity contribution in [2.45, 2.75) is 17.8 Å². The maximum Gasteiger partial charge on any atom is 0.409 e. The summed E-state index contributed by atoms with van der Waals surface area (Å²) >= 11 is 1.33. The first-order valence-corrected chi connectivity index (χ1v) is 9.92. The van der Waals surface area contributed by atoms with Gasteiger partial charge in [0.15, 0.2) is 0 Å². The van der Waals surface area contributed by atoms with Gasteiger partial charge in [0.25, 0.3) is 5.91 Å². The number of thioether (sulfide) groups is 1. The van der Waals surface area contributed by atoms with E-state index >= 15 is 0 Å². The second-order valence-corrected chi connectivity index (χ2v) is 7.93. The number of fused-ring (bicyclic) bond motifs is 1. The average molecular weight is 419 g/mol. The van der Waals surface area contributed by atoms with Gasteiger partial charge >= 0.3 is 12.1 Å². The molecular formula is C19H21N3O6S. The number of benzene rings is 1. The molecule has 2 atom stereocenters. The number of carboxylic acid groups (broad SMARTS) is 1. The second-order valence-electron chi connectivity index (χ2n) is 6.82. The molecule has 0 radical (unpaired) electrons. The number of carboxylic acids is 1. The Morgan fingerprint density at radius 3 is 2.59 bits per heavy atom. The van der Waals surface area contributed by atoms with Crippen molar-refractivity contribution < 1.29 is 29.0 Å². The molecule has 3 amide bonds. The normalized spacial score (nSPS) is 20.5. The second kappa shape index (κ2) is 8.56. The van der Waals surface area contributed by atoms with Crippen molar-refractivity contribution >= 4 is 35.6 Å². The summed E-state index contributed by atoms with van der Waals surface area (Å²) in [5.41, 5.74) is 0.983. The van der Waals surface area contributed by atoms with Gasteiger partial charge in [0, 0.05) is 25.4 Å². The smallest absolute Gasteiger partial charge is 0.409 e. The Morgan fingerprint density at radius 1 is 1.28 bits per heavy atom. The van der Waals surface area contributed by atoms with Crippen LogP contribution in [0.25, 0.3) is 0 Å². The fourth-order valence-corrected chi connectivity index (χ4v) is 4.41. The van der Waals surface area contributed by atoms with Crippen LogP contribution in [0.15, 0.2) is 41.6 Å². The molecule has 0 saturated carbocycles. The Labute approximate surface area is 171 Å². The highest BCUT2D eigenvalue weighted by molar-refractivity contribution is 8.00. The molecule has 3 rings (SSSR count). The van der Waals surface area contributed by atoms with Crippen molar-refractivity contribution in [1.82, 2.24) is 15.1 Å². The number of β-lactam (4-membered cyclic amide) rings is 1. The number of carbonyl (C=O) groups excluding carboxylic acids is 3. The van der Waals surface area contributed by atoms with E-state index in [2.05, 4.69) is 5.32 Å². The zero-order valence-corrected chi connectivity index (χ0v) is 16.8. The Hall–Kier alpha value is -3.01. The number of rotatable bonds is 6. The van der Waals surface area contributed by atoms with E-state index < -0.39 is 29.4 Å². The quantitative estimate of drug-likeness (QED) is 0.651. The van der Waals surface area contributed by atoms with Crippen LogP contribution in [0.2, 0.25) is 0 Å². The Morgan fingerprint density at radius 2 is 1.97 bits per heavy atom. The zero-order valence-electron chi connectivity index (χ0n) is 16.0. The molecule has 0 aromatic heterocycles. The third-order valence-corrected chi connectivity index (χ3v) is 5.85. The molecular weight excluding hydrogens is 398 g/mol. The first kappa shape index (κ1) is 20.7. The number of amides is 3. The minimum Gasteiger partial charge on any atom is -0.477 e. The molecule has 9 nitrogen and oxygen atoms in total. The lowest BCUT2D eigenvalue weighted by Crippen LogP contribution is -2.70. The van der Waals surface area contributed by atoms with Gasteiger partial charge < -0.3 is 20.1 Å². The summed E-state index contributed by atoms with van der Waals surface area (Å²) in [5.74, 6) is -1.78. The number of nitrogens with zero attached hydrogens (tertiary/aromatic N) is 2. The zero-order chi connectivity index (χ0) is 21.1. The molecule has 2 aliphatic heterocycles. The molecule has 0 aliphatic carbocycles. The van der Waals surface area contributed by atoms with Gasteiger partial charge in [-0.05, 0) is 5.56 Å². The lowest BCUT2D eigenvalue weighted by Gasteiger charge is -2.49. The highest BCUT2D eigenvalue weighted by Crippen LogP contribution is 2.40. The SMILES string of the molecule is CN(C)C(=O)OCC1=C(C(=O)O)N2C(=O)C(NC(=O)Cc3ccccc3)[C@H]2SC1. The van der Waals surface area contributed by atoms with Crippen LogP contribution in [0, 0.1) is 0 Å². The van der Waals surface area contributed by atoms with Gasteiger partial charge in [0.2, 0.25) is 5.91 Å². The highest BCUT2D eigenvalue weighted by Gasteiger charge is 2.54. The lowest BCUT2D eigenvalue weighted by atomic mass is 10.0. The maximum atomic E-state index is 12.6. The molecule has 2 heterocycles. The summed E-state index contributed by atoms with van der Waals surface area (Å²) in [7, 11) is 3.03. The topological polar surface area (TPSA) is 116 Å². The van der Waals surface area contributed by atoms with Crippen LogP contribution in [-0.4, -0.2) is 76.7 Å². The van der Waals surface area contributed by atoms with Crippen LogP contribution < -0.4 is 5.32 Å². The molecule has 2 aliphatic rings. The monoisotopic (exact) mass is 419 g/mol. The van der Waals surface area contributed by atoms with Gasteiger partial charge in [-0.2, -0.15) is 0 Å². The van der Waals surface area contributed by atoms with Crippen molar-refractivity contribution in [1.29, 1.82) is 0 Å². The van der Waals surface area contributed by atoms with Gasteiger partial charge in [-0.1, -0.05) is 30.3 Å². The highest BCUT2D eigenvalue weighted by atomic mass is 32.2. The van der Waals surface area contributed by atoms with Crippen molar-refractivity contribution in [3.8, 4) is 0 Å². The number of hydrogen-bond donors (Lipinski definition) is 2.